The van der Waals surface area contributed by atoms with Crippen LogP contribution in [0.1, 0.15) is 30.7 Å². The molecule has 0 unspecified atom stereocenters. The van der Waals surface area contributed by atoms with Crippen LogP contribution in [-0.2, 0) is 22.6 Å². The van der Waals surface area contributed by atoms with Crippen molar-refractivity contribution < 1.29 is 9.53 Å². The minimum absolute atomic E-state index is 0.0895. The molecular formula is C28H28N4O3S. The Morgan fingerprint density at radius 2 is 1.83 bits per heavy atom. The minimum atomic E-state index is -0.323. The van der Waals surface area contributed by atoms with Crippen LogP contribution in [0, 0.1) is 6.92 Å². The fourth-order valence-electron chi connectivity index (χ4n) is 4.21. The predicted octanol–water partition coefficient (Wildman–Crippen LogP) is 4.70. The van der Waals surface area contributed by atoms with Gasteiger partial charge in [0, 0.05) is 24.7 Å². The quantitative estimate of drug-likeness (QED) is 0.292. The topological polar surface area (TPSA) is 77.3 Å². The van der Waals surface area contributed by atoms with Gasteiger partial charge in [-0.1, -0.05) is 47.7 Å². The average molecular weight is 501 g/mol. The standard InChI is InChI=1S/C28H28N4O3S/c1-18-10-12-21(13-11-18)32-26(34)22-14-19-16-35-28(2,3)15-23(19)29-25(22)30-27(32)36-17-24(33)31(4)20-8-6-5-7-9-20/h5-14H,15-17H2,1-4H3. The highest BCUT2D eigenvalue weighted by molar-refractivity contribution is 7.99. The largest absolute Gasteiger partial charge is 0.370 e. The fraction of sp³-hybridized carbons (Fsp3) is 0.286. The molecule has 0 N–H and O–H groups in total. The van der Waals surface area contributed by atoms with Crippen molar-refractivity contribution in [3.05, 3.63) is 87.8 Å². The third-order valence-electron chi connectivity index (χ3n) is 6.34. The summed E-state index contributed by atoms with van der Waals surface area (Å²) in [6.45, 7) is 6.46. The third-order valence-corrected chi connectivity index (χ3v) is 7.27. The van der Waals surface area contributed by atoms with E-state index < -0.39 is 0 Å². The van der Waals surface area contributed by atoms with Gasteiger partial charge < -0.3 is 9.64 Å². The molecular weight excluding hydrogens is 472 g/mol. The van der Waals surface area contributed by atoms with Crippen molar-refractivity contribution in [3.8, 4) is 5.69 Å². The van der Waals surface area contributed by atoms with E-state index in [9.17, 15) is 9.59 Å². The number of nitrogens with zero attached hydrogens (tertiary/aromatic N) is 4. The van der Waals surface area contributed by atoms with Gasteiger partial charge in [0.15, 0.2) is 10.8 Å². The van der Waals surface area contributed by atoms with Gasteiger partial charge in [0.05, 0.1) is 34.7 Å². The summed E-state index contributed by atoms with van der Waals surface area (Å²) in [5.41, 5.74) is 4.26. The van der Waals surface area contributed by atoms with E-state index in [2.05, 4.69) is 0 Å². The molecule has 0 fully saturated rings. The number of fused-ring (bicyclic) bond motifs is 2. The van der Waals surface area contributed by atoms with Crippen LogP contribution < -0.4 is 10.5 Å². The van der Waals surface area contributed by atoms with E-state index in [4.69, 9.17) is 14.7 Å². The molecule has 8 heteroatoms. The number of ether oxygens (including phenoxy) is 1. The first-order valence-electron chi connectivity index (χ1n) is 11.8. The summed E-state index contributed by atoms with van der Waals surface area (Å²) in [5.74, 6) is 0.0365. The molecule has 0 bridgehead atoms. The van der Waals surface area contributed by atoms with Crippen molar-refractivity contribution in [1.29, 1.82) is 0 Å². The normalized spacial score (nSPS) is 14.4. The molecule has 0 radical (unpaired) electrons. The third kappa shape index (κ3) is 4.79. The second-order valence-corrected chi connectivity index (χ2v) is 10.6. The Hall–Kier alpha value is -3.49. The van der Waals surface area contributed by atoms with E-state index in [1.165, 1.54) is 11.8 Å². The summed E-state index contributed by atoms with van der Waals surface area (Å²) in [6.07, 6.45) is 0.643. The number of aromatic nitrogens is 3. The van der Waals surface area contributed by atoms with E-state index in [1.807, 2.05) is 81.4 Å². The second-order valence-electron chi connectivity index (χ2n) is 9.64. The van der Waals surface area contributed by atoms with Gasteiger partial charge in [-0.15, -0.1) is 0 Å². The number of carbonyl (C=O) groups is 1. The van der Waals surface area contributed by atoms with Crippen molar-refractivity contribution in [2.75, 3.05) is 17.7 Å². The van der Waals surface area contributed by atoms with Gasteiger partial charge in [0.2, 0.25) is 5.91 Å². The maximum atomic E-state index is 13.8. The van der Waals surface area contributed by atoms with Crippen LogP contribution in [0.5, 0.6) is 0 Å². The number of rotatable bonds is 5. The van der Waals surface area contributed by atoms with Crippen molar-refractivity contribution in [3.63, 3.8) is 0 Å². The van der Waals surface area contributed by atoms with Crippen LogP contribution >= 0.6 is 11.8 Å². The molecule has 5 rings (SSSR count). The molecule has 1 amide bonds. The van der Waals surface area contributed by atoms with Gasteiger partial charge in [0.25, 0.3) is 5.56 Å². The monoisotopic (exact) mass is 500 g/mol. The minimum Gasteiger partial charge on any atom is -0.370 e. The maximum absolute atomic E-state index is 13.8. The van der Waals surface area contributed by atoms with Crippen LogP contribution in [0.3, 0.4) is 0 Å². The highest BCUT2D eigenvalue weighted by Gasteiger charge is 2.28. The molecule has 0 spiro atoms. The highest BCUT2D eigenvalue weighted by Crippen LogP contribution is 2.29. The molecule has 4 aromatic rings. The molecule has 36 heavy (non-hydrogen) atoms. The molecule has 0 saturated heterocycles. The van der Waals surface area contributed by atoms with Crippen molar-refractivity contribution >= 4 is 34.4 Å². The zero-order valence-electron chi connectivity index (χ0n) is 20.8. The van der Waals surface area contributed by atoms with Gasteiger partial charge in [-0.25, -0.2) is 9.97 Å². The molecule has 0 aliphatic carbocycles. The number of thioether (sulfide) groups is 1. The van der Waals surface area contributed by atoms with Crippen LogP contribution in [0.25, 0.3) is 16.7 Å². The van der Waals surface area contributed by atoms with E-state index >= 15 is 0 Å². The molecule has 0 saturated carbocycles. The Kier molecular flexibility index (Phi) is 6.40. The second kappa shape index (κ2) is 9.52. The SMILES string of the molecule is Cc1ccc(-n2c(SCC(=O)N(C)c3ccccc3)nc3nc4c(cc3c2=O)COC(C)(C)C4)cc1. The van der Waals surface area contributed by atoms with E-state index in [0.717, 1.165) is 22.5 Å². The zero-order chi connectivity index (χ0) is 25.4. The lowest BCUT2D eigenvalue weighted by Gasteiger charge is -2.31. The maximum Gasteiger partial charge on any atom is 0.268 e. The summed E-state index contributed by atoms with van der Waals surface area (Å²) in [4.78, 5) is 37.9. The number of para-hydroxylation sites is 1. The molecule has 7 nitrogen and oxygen atoms in total. The summed E-state index contributed by atoms with van der Waals surface area (Å²) in [6, 6.07) is 19.0. The summed E-state index contributed by atoms with van der Waals surface area (Å²) < 4.78 is 7.51. The lowest BCUT2D eigenvalue weighted by atomic mass is 9.95. The molecule has 184 valence electrons. The molecule has 2 aromatic heterocycles. The fourth-order valence-corrected chi connectivity index (χ4v) is 5.13. The number of anilines is 1. The van der Waals surface area contributed by atoms with Gasteiger partial charge >= 0.3 is 0 Å². The van der Waals surface area contributed by atoms with Crippen LogP contribution in [0.2, 0.25) is 0 Å². The van der Waals surface area contributed by atoms with E-state index in [1.54, 1.807) is 16.5 Å². The summed E-state index contributed by atoms with van der Waals surface area (Å²) >= 11 is 1.24. The number of benzene rings is 2. The predicted molar refractivity (Wildman–Crippen MR) is 143 cm³/mol. The molecule has 1 aliphatic rings. The first kappa shape index (κ1) is 24.2. The van der Waals surface area contributed by atoms with Crippen molar-refractivity contribution in [2.24, 2.45) is 0 Å². The first-order valence-corrected chi connectivity index (χ1v) is 12.8. The van der Waals surface area contributed by atoms with Gasteiger partial charge in [0.1, 0.15) is 0 Å². The molecule has 1 aliphatic heterocycles. The first-order chi connectivity index (χ1) is 17.2. The molecule has 2 aromatic carbocycles. The zero-order valence-corrected chi connectivity index (χ0v) is 21.6. The van der Waals surface area contributed by atoms with Gasteiger partial charge in [-0.2, -0.15) is 0 Å². The Bertz CT molecular complexity index is 1500. The Morgan fingerprint density at radius 1 is 1.11 bits per heavy atom. The Labute approximate surface area is 214 Å². The van der Waals surface area contributed by atoms with E-state index in [-0.39, 0.29) is 22.8 Å². The van der Waals surface area contributed by atoms with Gasteiger partial charge in [-0.05, 0) is 51.1 Å². The number of hydrogen-bond acceptors (Lipinski definition) is 6. The summed E-state index contributed by atoms with van der Waals surface area (Å²) in [7, 11) is 1.75. The Balaban J connectivity index is 1.57. The van der Waals surface area contributed by atoms with Crippen LogP contribution in [-0.4, -0.2) is 38.8 Å². The summed E-state index contributed by atoms with van der Waals surface area (Å²) in [5, 5.41) is 0.875. The van der Waals surface area contributed by atoms with E-state index in [0.29, 0.717) is 34.9 Å². The number of aryl methyl sites for hydroxylation is 1. The van der Waals surface area contributed by atoms with Crippen molar-refractivity contribution in [2.45, 2.75) is 44.6 Å². The van der Waals surface area contributed by atoms with Crippen LogP contribution in [0.15, 0.2) is 70.6 Å². The molecule has 0 atom stereocenters. The smallest absolute Gasteiger partial charge is 0.268 e. The lowest BCUT2D eigenvalue weighted by molar-refractivity contribution is -0.115. The van der Waals surface area contributed by atoms with Gasteiger partial charge in [-0.3, -0.25) is 14.2 Å². The highest BCUT2D eigenvalue weighted by atomic mass is 32.2. The lowest BCUT2D eigenvalue weighted by Crippen LogP contribution is -2.33. The number of pyridine rings is 1. The molecule has 3 heterocycles. The average Bonchev–Trinajstić information content (AvgIpc) is 2.87. The number of carbonyl (C=O) groups excluding carboxylic acids is 1. The Morgan fingerprint density at radius 3 is 2.56 bits per heavy atom. The van der Waals surface area contributed by atoms with Crippen LogP contribution in [0.4, 0.5) is 5.69 Å². The number of hydrogen-bond donors (Lipinski definition) is 0. The number of amides is 1. The van der Waals surface area contributed by atoms with Crippen molar-refractivity contribution in [1.82, 2.24) is 14.5 Å².